The number of halogens is 3. The van der Waals surface area contributed by atoms with E-state index in [1.165, 1.54) is 24.3 Å². The molecule has 2 heterocycles. The molecule has 0 radical (unpaired) electrons. The molecule has 1 unspecified atom stereocenters. The van der Waals surface area contributed by atoms with Crippen molar-refractivity contribution >= 4 is 21.4 Å². The van der Waals surface area contributed by atoms with E-state index in [4.69, 9.17) is 21.1 Å². The number of fused-ring (bicyclic) bond motifs is 3. The normalized spacial score (nSPS) is 26.5. The van der Waals surface area contributed by atoms with Crippen LogP contribution in [0.5, 0.6) is 5.75 Å². The maximum Gasteiger partial charge on any atom is 0.189 e. The fourth-order valence-electron chi connectivity index (χ4n) is 4.74. The molecule has 0 aromatic heterocycles. The maximum atomic E-state index is 15.2. The Kier molecular flexibility index (Phi) is 6.02. The summed E-state index contributed by atoms with van der Waals surface area (Å²) < 4.78 is 67.6. The Morgan fingerprint density at radius 3 is 2.55 bits per heavy atom. The third-order valence-corrected chi connectivity index (χ3v) is 9.03. The van der Waals surface area contributed by atoms with Gasteiger partial charge in [0, 0.05) is 17.5 Å². The van der Waals surface area contributed by atoms with Crippen LogP contribution in [0.3, 0.4) is 0 Å². The third-order valence-electron chi connectivity index (χ3n) is 6.21. The van der Waals surface area contributed by atoms with Crippen molar-refractivity contribution in [2.24, 2.45) is 5.92 Å². The average molecular weight is 473 g/mol. The molecule has 0 aliphatic carbocycles. The molecule has 0 bridgehead atoms. The molecule has 168 valence electrons. The molecule has 1 fully saturated rings. The highest BCUT2D eigenvalue weighted by atomic mass is 35.5. The van der Waals surface area contributed by atoms with Gasteiger partial charge >= 0.3 is 0 Å². The van der Waals surface area contributed by atoms with Crippen LogP contribution in [0, 0.1) is 17.6 Å². The van der Waals surface area contributed by atoms with Gasteiger partial charge in [-0.3, -0.25) is 0 Å². The van der Waals surface area contributed by atoms with Gasteiger partial charge in [-0.15, -0.1) is 0 Å². The molecule has 9 heteroatoms. The Morgan fingerprint density at radius 1 is 1.19 bits per heavy atom. The quantitative estimate of drug-likeness (QED) is 0.704. The van der Waals surface area contributed by atoms with Gasteiger partial charge in [0.1, 0.15) is 10.6 Å². The van der Waals surface area contributed by atoms with Crippen LogP contribution >= 0.6 is 11.6 Å². The summed E-state index contributed by atoms with van der Waals surface area (Å²) in [5, 5.41) is 10.1. The minimum atomic E-state index is -4.21. The van der Waals surface area contributed by atoms with Crippen LogP contribution in [0.4, 0.5) is 8.78 Å². The molecule has 0 amide bonds. The zero-order chi connectivity index (χ0) is 22.4. The van der Waals surface area contributed by atoms with Gasteiger partial charge in [0.15, 0.2) is 21.4 Å². The fourth-order valence-corrected chi connectivity index (χ4v) is 7.21. The van der Waals surface area contributed by atoms with Crippen LogP contribution in [-0.2, 0) is 19.3 Å². The summed E-state index contributed by atoms with van der Waals surface area (Å²) in [6.45, 7) is 1.52. The topological polar surface area (TPSA) is 72.8 Å². The highest BCUT2D eigenvalue weighted by Gasteiger charge is 2.61. The van der Waals surface area contributed by atoms with Gasteiger partial charge in [0.2, 0.25) is 0 Å². The molecular weight excluding hydrogens is 450 g/mol. The Bertz CT molecular complexity index is 1070. The predicted molar refractivity (Wildman–Crippen MR) is 111 cm³/mol. The van der Waals surface area contributed by atoms with Crippen LogP contribution in [-0.4, -0.2) is 38.9 Å². The smallest absolute Gasteiger partial charge is 0.189 e. The average Bonchev–Trinajstić information content (AvgIpc) is 2.74. The minimum absolute atomic E-state index is 0.0328. The Hall–Kier alpha value is -1.74. The number of ether oxygens (including phenoxy) is 2. The van der Waals surface area contributed by atoms with Crippen LogP contribution in [0.15, 0.2) is 41.3 Å². The van der Waals surface area contributed by atoms with E-state index in [0.717, 1.165) is 12.1 Å². The molecule has 4 rings (SSSR count). The van der Waals surface area contributed by atoms with Crippen molar-refractivity contribution in [2.45, 2.75) is 48.0 Å². The Morgan fingerprint density at radius 2 is 1.87 bits per heavy atom. The van der Waals surface area contributed by atoms with E-state index in [-0.39, 0.29) is 35.8 Å². The second kappa shape index (κ2) is 8.31. The lowest BCUT2D eigenvalue weighted by molar-refractivity contribution is -0.0795. The first-order valence-electron chi connectivity index (χ1n) is 10.1. The molecule has 5 nitrogen and oxygen atoms in total. The summed E-state index contributed by atoms with van der Waals surface area (Å²) in [5.74, 6) is -2.81. The van der Waals surface area contributed by atoms with Crippen LogP contribution in [0.2, 0.25) is 5.02 Å². The first kappa shape index (κ1) is 22.5. The zero-order valence-corrected chi connectivity index (χ0v) is 18.4. The Balaban J connectivity index is 1.95. The summed E-state index contributed by atoms with van der Waals surface area (Å²) in [5.41, 5.74) is -0.288. The van der Waals surface area contributed by atoms with Crippen molar-refractivity contribution in [2.75, 3.05) is 13.2 Å². The first-order valence-corrected chi connectivity index (χ1v) is 12.0. The molecule has 0 spiro atoms. The van der Waals surface area contributed by atoms with Gasteiger partial charge in [0.05, 0.1) is 29.3 Å². The lowest BCUT2D eigenvalue weighted by atomic mass is 9.74. The van der Waals surface area contributed by atoms with Crippen molar-refractivity contribution in [3.8, 4) is 5.75 Å². The summed E-state index contributed by atoms with van der Waals surface area (Å²) in [7, 11) is -4.21. The van der Waals surface area contributed by atoms with Crippen LogP contribution < -0.4 is 4.74 Å². The van der Waals surface area contributed by atoms with Gasteiger partial charge in [-0.25, -0.2) is 17.2 Å². The van der Waals surface area contributed by atoms with Gasteiger partial charge in [-0.1, -0.05) is 11.6 Å². The van der Waals surface area contributed by atoms with Gasteiger partial charge < -0.3 is 14.6 Å². The SMILES string of the molecule is CC(O)CC[C@@H]1OCC[C@@]2(S(=O)(=O)c3ccc(Cl)cc3)c3c(F)ccc(F)c3OC[C@@H]12. The highest BCUT2D eigenvalue weighted by molar-refractivity contribution is 7.92. The molecule has 1 N–H and O–H groups in total. The molecule has 31 heavy (non-hydrogen) atoms. The molecule has 4 atom stereocenters. The lowest BCUT2D eigenvalue weighted by Gasteiger charge is -2.50. The fraction of sp³-hybridized carbons (Fsp3) is 0.455. The lowest BCUT2D eigenvalue weighted by Crippen LogP contribution is -2.57. The number of hydrogen-bond acceptors (Lipinski definition) is 5. The Labute approximate surface area is 184 Å². The molecule has 2 aliphatic rings. The number of aliphatic hydroxyl groups excluding tert-OH is 1. The van der Waals surface area contributed by atoms with E-state index >= 15 is 4.39 Å². The number of benzene rings is 2. The first-order chi connectivity index (χ1) is 14.7. The van der Waals surface area contributed by atoms with Crippen molar-refractivity contribution in [1.82, 2.24) is 0 Å². The number of hydrogen-bond donors (Lipinski definition) is 1. The summed E-state index contributed by atoms with van der Waals surface area (Å²) in [4.78, 5) is -0.0328. The molecule has 2 aromatic rings. The number of aliphatic hydroxyl groups is 1. The van der Waals surface area contributed by atoms with E-state index in [0.29, 0.717) is 17.9 Å². The largest absolute Gasteiger partial charge is 0.490 e. The number of rotatable bonds is 5. The van der Waals surface area contributed by atoms with Gasteiger partial charge in [-0.05, 0) is 62.6 Å². The van der Waals surface area contributed by atoms with Gasteiger partial charge in [-0.2, -0.15) is 0 Å². The van der Waals surface area contributed by atoms with Crippen molar-refractivity contribution in [3.05, 3.63) is 58.6 Å². The molecule has 2 aromatic carbocycles. The predicted octanol–water partition coefficient (Wildman–Crippen LogP) is 4.25. The standard InChI is InChI=1S/C22H23ClF2O5S/c1-13(26)2-9-19-16-12-30-21-18(25)8-7-17(24)20(21)22(16,10-11-29-19)31(27,28)15-5-3-14(23)4-6-15/h3-8,13,16,19,26H,2,9-12H2,1H3/t13?,16-,19-,22-/m0/s1. The summed E-state index contributed by atoms with van der Waals surface area (Å²) >= 11 is 5.94. The maximum absolute atomic E-state index is 15.2. The van der Waals surface area contributed by atoms with Crippen LogP contribution in [0.1, 0.15) is 31.7 Å². The monoisotopic (exact) mass is 472 g/mol. The van der Waals surface area contributed by atoms with Crippen molar-refractivity contribution in [1.29, 1.82) is 0 Å². The zero-order valence-electron chi connectivity index (χ0n) is 16.9. The molecule has 1 saturated heterocycles. The molecule has 0 saturated carbocycles. The minimum Gasteiger partial charge on any atom is -0.490 e. The summed E-state index contributed by atoms with van der Waals surface area (Å²) in [6, 6.07) is 7.51. The highest BCUT2D eigenvalue weighted by Crippen LogP contribution is 2.56. The van der Waals surface area contributed by atoms with Crippen molar-refractivity contribution < 1.29 is 31.8 Å². The molecule has 2 aliphatic heterocycles. The van der Waals surface area contributed by atoms with Gasteiger partial charge in [0.25, 0.3) is 0 Å². The van der Waals surface area contributed by atoms with Crippen molar-refractivity contribution in [3.63, 3.8) is 0 Å². The van der Waals surface area contributed by atoms with E-state index in [9.17, 15) is 17.9 Å². The molecular formula is C22H23ClF2O5S. The summed E-state index contributed by atoms with van der Waals surface area (Å²) in [6.07, 6.45) is -0.545. The third kappa shape index (κ3) is 3.63. The van der Waals surface area contributed by atoms with E-state index in [1.807, 2.05) is 0 Å². The van der Waals surface area contributed by atoms with E-state index in [1.54, 1.807) is 6.92 Å². The second-order valence-electron chi connectivity index (χ2n) is 8.08. The number of sulfone groups is 1. The second-order valence-corrected chi connectivity index (χ2v) is 10.7. The van der Waals surface area contributed by atoms with E-state index in [2.05, 4.69) is 0 Å². The van der Waals surface area contributed by atoms with E-state index < -0.39 is 44.3 Å². The van der Waals surface area contributed by atoms with Crippen LogP contribution in [0.25, 0.3) is 0 Å².